The highest BCUT2D eigenvalue weighted by Crippen LogP contribution is 2.30. The molecule has 0 unspecified atom stereocenters. The van der Waals surface area contributed by atoms with Crippen molar-refractivity contribution in [3.63, 3.8) is 0 Å². The summed E-state index contributed by atoms with van der Waals surface area (Å²) >= 11 is 0. The summed E-state index contributed by atoms with van der Waals surface area (Å²) in [6, 6.07) is 7.46. The fraction of sp³-hybridized carbons (Fsp3) is 0.462. The van der Waals surface area contributed by atoms with Crippen LogP contribution in [0.15, 0.2) is 24.3 Å². The van der Waals surface area contributed by atoms with Crippen LogP contribution in [0.2, 0.25) is 0 Å². The molecule has 1 aliphatic carbocycles. The minimum absolute atomic E-state index is 0.0777. The molecule has 1 N–H and O–H groups in total. The van der Waals surface area contributed by atoms with Crippen molar-refractivity contribution in [1.82, 2.24) is 5.32 Å². The highest BCUT2D eigenvalue weighted by Gasteiger charge is 2.22. The normalized spacial score (nSPS) is 14.8. The number of ketones is 1. The van der Waals surface area contributed by atoms with Crippen molar-refractivity contribution < 1.29 is 9.53 Å². The number of hydrogen-bond donors (Lipinski definition) is 1. The summed E-state index contributed by atoms with van der Waals surface area (Å²) in [7, 11) is 1.77. The highest BCUT2D eigenvalue weighted by atomic mass is 16.5. The number of nitrogens with one attached hydrogen (secondary N) is 1. The van der Waals surface area contributed by atoms with Crippen LogP contribution in [0.5, 0.6) is 5.75 Å². The minimum atomic E-state index is 0.0777. The molecule has 0 amide bonds. The van der Waals surface area contributed by atoms with E-state index >= 15 is 0 Å². The number of para-hydroxylation sites is 1. The van der Waals surface area contributed by atoms with Crippen molar-refractivity contribution in [2.75, 3.05) is 20.2 Å². The lowest BCUT2D eigenvalue weighted by Gasteiger charge is -2.09. The molecule has 1 aromatic rings. The predicted octanol–water partition coefficient (Wildman–Crippen LogP) is 1.88. The standard InChI is InChI=1S/C13H17NO2/c1-14-8-12(15)11-4-2-3-5-13(11)16-9-10-6-7-10/h2-5,10,14H,6-9H2,1H3. The average Bonchev–Trinajstić information content (AvgIpc) is 3.11. The van der Waals surface area contributed by atoms with Crippen molar-refractivity contribution in [2.45, 2.75) is 12.8 Å². The van der Waals surface area contributed by atoms with Crippen molar-refractivity contribution in [1.29, 1.82) is 0 Å². The molecular formula is C13H17NO2. The predicted molar refractivity (Wildman–Crippen MR) is 62.9 cm³/mol. The van der Waals surface area contributed by atoms with Crippen molar-refractivity contribution in [3.8, 4) is 5.75 Å². The van der Waals surface area contributed by atoms with Gasteiger partial charge in [0.1, 0.15) is 5.75 Å². The zero-order chi connectivity index (χ0) is 11.4. The van der Waals surface area contributed by atoms with Crippen LogP contribution in [-0.2, 0) is 0 Å². The third kappa shape index (κ3) is 2.83. The first kappa shape index (κ1) is 11.1. The van der Waals surface area contributed by atoms with Gasteiger partial charge >= 0.3 is 0 Å². The Balaban J connectivity index is 2.05. The number of hydrogen-bond acceptors (Lipinski definition) is 3. The van der Waals surface area contributed by atoms with Gasteiger partial charge in [-0.05, 0) is 37.9 Å². The maximum Gasteiger partial charge on any atom is 0.180 e. The van der Waals surface area contributed by atoms with Gasteiger partial charge in [0, 0.05) is 0 Å². The molecule has 0 heterocycles. The van der Waals surface area contributed by atoms with Crippen LogP contribution in [0.1, 0.15) is 23.2 Å². The lowest BCUT2D eigenvalue weighted by molar-refractivity contribution is 0.0989. The molecule has 1 aromatic carbocycles. The molecule has 1 saturated carbocycles. The lowest BCUT2D eigenvalue weighted by Crippen LogP contribution is -2.19. The van der Waals surface area contributed by atoms with Gasteiger partial charge in [-0.25, -0.2) is 0 Å². The van der Waals surface area contributed by atoms with Gasteiger partial charge in [-0.15, -0.1) is 0 Å². The third-order valence-electron chi connectivity index (χ3n) is 2.70. The van der Waals surface area contributed by atoms with Crippen LogP contribution in [-0.4, -0.2) is 26.0 Å². The number of rotatable bonds is 6. The minimum Gasteiger partial charge on any atom is -0.493 e. The van der Waals surface area contributed by atoms with E-state index in [1.54, 1.807) is 7.05 Å². The van der Waals surface area contributed by atoms with Gasteiger partial charge in [-0.3, -0.25) is 4.79 Å². The second kappa shape index (κ2) is 5.12. The van der Waals surface area contributed by atoms with Crippen LogP contribution in [0, 0.1) is 5.92 Å². The van der Waals surface area contributed by atoms with Gasteiger partial charge in [-0.2, -0.15) is 0 Å². The maximum absolute atomic E-state index is 11.8. The Morgan fingerprint density at radius 2 is 2.19 bits per heavy atom. The number of carbonyl (C=O) groups excluding carboxylic acids is 1. The molecule has 0 spiro atoms. The molecule has 0 saturated heterocycles. The summed E-state index contributed by atoms with van der Waals surface area (Å²) in [5.74, 6) is 1.50. The first-order valence-corrected chi connectivity index (χ1v) is 5.71. The Bertz CT molecular complexity index is 372. The molecule has 2 rings (SSSR count). The average molecular weight is 219 g/mol. The monoisotopic (exact) mass is 219 g/mol. The third-order valence-corrected chi connectivity index (χ3v) is 2.70. The van der Waals surface area contributed by atoms with Crippen LogP contribution in [0.25, 0.3) is 0 Å². The van der Waals surface area contributed by atoms with Crippen LogP contribution in [0.4, 0.5) is 0 Å². The van der Waals surface area contributed by atoms with Crippen molar-refractivity contribution >= 4 is 5.78 Å². The molecular weight excluding hydrogens is 202 g/mol. The van der Waals surface area contributed by atoms with Crippen LogP contribution in [0.3, 0.4) is 0 Å². The van der Waals surface area contributed by atoms with E-state index in [0.717, 1.165) is 12.4 Å². The largest absolute Gasteiger partial charge is 0.493 e. The Morgan fingerprint density at radius 3 is 2.88 bits per heavy atom. The Kier molecular flexibility index (Phi) is 3.57. The first-order chi connectivity index (χ1) is 7.81. The van der Waals surface area contributed by atoms with E-state index in [0.29, 0.717) is 18.0 Å². The Morgan fingerprint density at radius 1 is 1.44 bits per heavy atom. The Labute approximate surface area is 95.8 Å². The number of likely N-dealkylation sites (N-methyl/N-ethyl adjacent to an activating group) is 1. The van der Waals surface area contributed by atoms with Gasteiger partial charge in [0.25, 0.3) is 0 Å². The summed E-state index contributed by atoms with van der Waals surface area (Å²) in [4.78, 5) is 11.8. The Hall–Kier alpha value is -1.35. The second-order valence-corrected chi connectivity index (χ2v) is 4.20. The lowest BCUT2D eigenvalue weighted by atomic mass is 10.1. The zero-order valence-corrected chi connectivity index (χ0v) is 9.53. The van der Waals surface area contributed by atoms with E-state index in [1.807, 2.05) is 24.3 Å². The van der Waals surface area contributed by atoms with Crippen molar-refractivity contribution in [2.24, 2.45) is 5.92 Å². The smallest absolute Gasteiger partial charge is 0.180 e. The SMILES string of the molecule is CNCC(=O)c1ccccc1OCC1CC1. The summed E-state index contributed by atoms with van der Waals surface area (Å²) in [6.45, 7) is 1.09. The molecule has 86 valence electrons. The van der Waals surface area contributed by atoms with Gasteiger partial charge < -0.3 is 10.1 Å². The molecule has 1 fully saturated rings. The topological polar surface area (TPSA) is 38.3 Å². The summed E-state index contributed by atoms with van der Waals surface area (Å²) in [5.41, 5.74) is 0.678. The summed E-state index contributed by atoms with van der Waals surface area (Å²) in [6.07, 6.45) is 2.51. The molecule has 0 atom stereocenters. The molecule has 16 heavy (non-hydrogen) atoms. The number of benzene rings is 1. The molecule has 0 aliphatic heterocycles. The molecule has 1 aliphatic rings. The maximum atomic E-state index is 11.8. The first-order valence-electron chi connectivity index (χ1n) is 5.71. The number of Topliss-reactive ketones (excluding diaryl/α,β-unsaturated/α-hetero) is 1. The van der Waals surface area contributed by atoms with E-state index in [-0.39, 0.29) is 5.78 Å². The van der Waals surface area contributed by atoms with E-state index in [9.17, 15) is 4.79 Å². The van der Waals surface area contributed by atoms with Gasteiger partial charge in [0.05, 0.1) is 18.7 Å². The van der Waals surface area contributed by atoms with Crippen LogP contribution < -0.4 is 10.1 Å². The number of ether oxygens (including phenoxy) is 1. The molecule has 0 aromatic heterocycles. The molecule has 0 bridgehead atoms. The van der Waals surface area contributed by atoms with E-state index in [1.165, 1.54) is 12.8 Å². The molecule has 3 heteroatoms. The van der Waals surface area contributed by atoms with E-state index in [2.05, 4.69) is 5.32 Å². The van der Waals surface area contributed by atoms with E-state index in [4.69, 9.17) is 4.74 Å². The molecule has 0 radical (unpaired) electrons. The van der Waals surface area contributed by atoms with Gasteiger partial charge in [0.15, 0.2) is 5.78 Å². The molecule has 3 nitrogen and oxygen atoms in total. The fourth-order valence-electron chi connectivity index (χ4n) is 1.57. The van der Waals surface area contributed by atoms with Gasteiger partial charge in [-0.1, -0.05) is 12.1 Å². The second-order valence-electron chi connectivity index (χ2n) is 4.20. The van der Waals surface area contributed by atoms with Gasteiger partial charge in [0.2, 0.25) is 0 Å². The highest BCUT2D eigenvalue weighted by molar-refractivity contribution is 6.00. The quantitative estimate of drug-likeness (QED) is 0.742. The van der Waals surface area contributed by atoms with Crippen LogP contribution >= 0.6 is 0 Å². The summed E-state index contributed by atoms with van der Waals surface area (Å²) < 4.78 is 5.68. The van der Waals surface area contributed by atoms with E-state index < -0.39 is 0 Å². The number of carbonyl (C=O) groups is 1. The summed E-state index contributed by atoms with van der Waals surface area (Å²) in [5, 5.41) is 2.87. The fourth-order valence-corrected chi connectivity index (χ4v) is 1.57. The van der Waals surface area contributed by atoms with Crippen molar-refractivity contribution in [3.05, 3.63) is 29.8 Å². The zero-order valence-electron chi connectivity index (χ0n) is 9.53.